The van der Waals surface area contributed by atoms with Gasteiger partial charge in [0.25, 0.3) is 0 Å². The largest absolute Gasteiger partial charge is 0.368 e. The highest BCUT2D eigenvalue weighted by atomic mass is 17.2. The highest BCUT2D eigenvalue weighted by Gasteiger charge is 2.25. The summed E-state index contributed by atoms with van der Waals surface area (Å²) in [5.74, 6) is -0.487. The molecule has 0 N–H and O–H groups in total. The Morgan fingerprint density at radius 3 is 2.20 bits per heavy atom. The van der Waals surface area contributed by atoms with Crippen LogP contribution in [0.15, 0.2) is 11.6 Å². The van der Waals surface area contributed by atoms with E-state index in [-0.39, 0.29) is 10.8 Å². The zero-order valence-corrected chi connectivity index (χ0v) is 14.1. The molecule has 0 rings (SSSR count). The molecular formula is C16H29O4. The molecule has 1 radical (unpaired) electrons. The van der Waals surface area contributed by atoms with Crippen molar-refractivity contribution < 1.29 is 19.3 Å². The van der Waals surface area contributed by atoms with Gasteiger partial charge in [0, 0.05) is 5.57 Å². The molecule has 4 nitrogen and oxygen atoms in total. The smallest absolute Gasteiger partial charge is 0.343 e. The fourth-order valence-corrected chi connectivity index (χ4v) is 2.45. The van der Waals surface area contributed by atoms with Gasteiger partial charge >= 0.3 is 5.97 Å². The van der Waals surface area contributed by atoms with E-state index in [0.29, 0.717) is 5.57 Å². The Labute approximate surface area is 123 Å². The molecule has 0 aliphatic rings. The number of allylic oxidation sites excluding steroid dienone is 1. The van der Waals surface area contributed by atoms with Gasteiger partial charge in [0.1, 0.15) is 0 Å². The topological polar surface area (TPSA) is 44.8 Å². The molecule has 0 fully saturated rings. The lowest BCUT2D eigenvalue weighted by molar-refractivity contribution is -0.338. The molecule has 0 aromatic carbocycles. The fourth-order valence-electron chi connectivity index (χ4n) is 2.45. The first-order valence-electron chi connectivity index (χ1n) is 6.97. The maximum atomic E-state index is 11.8. The van der Waals surface area contributed by atoms with Gasteiger partial charge in [-0.3, -0.25) is 4.89 Å². The van der Waals surface area contributed by atoms with Crippen molar-refractivity contribution in [3.05, 3.63) is 18.3 Å². The number of rotatable bonds is 7. The lowest BCUT2D eigenvalue weighted by Crippen LogP contribution is -2.21. The van der Waals surface area contributed by atoms with E-state index in [9.17, 15) is 4.79 Å². The highest BCUT2D eigenvalue weighted by molar-refractivity contribution is 5.87. The average molecular weight is 285 g/mol. The van der Waals surface area contributed by atoms with Crippen molar-refractivity contribution in [1.29, 1.82) is 0 Å². The first-order valence-corrected chi connectivity index (χ1v) is 6.97. The van der Waals surface area contributed by atoms with Gasteiger partial charge in [-0.25, -0.2) is 4.79 Å². The van der Waals surface area contributed by atoms with Crippen molar-refractivity contribution in [1.82, 2.24) is 0 Å². The number of carbonyl (C=O) groups is 1. The van der Waals surface area contributed by atoms with Crippen molar-refractivity contribution >= 4 is 5.97 Å². The highest BCUT2D eigenvalue weighted by Crippen LogP contribution is 2.35. The van der Waals surface area contributed by atoms with Crippen LogP contribution in [0.2, 0.25) is 0 Å². The predicted molar refractivity (Wildman–Crippen MR) is 79.3 cm³/mol. The van der Waals surface area contributed by atoms with E-state index in [1.54, 1.807) is 20.8 Å². The van der Waals surface area contributed by atoms with Crippen LogP contribution in [0.25, 0.3) is 0 Å². The van der Waals surface area contributed by atoms with Crippen molar-refractivity contribution in [2.75, 3.05) is 0 Å². The first-order chi connectivity index (χ1) is 8.97. The van der Waals surface area contributed by atoms with Gasteiger partial charge in [-0.15, -0.1) is 0 Å². The summed E-state index contributed by atoms with van der Waals surface area (Å²) in [5, 5.41) is 0. The second kappa shape index (κ2) is 7.79. The minimum atomic E-state index is -0.612. The van der Waals surface area contributed by atoms with Crippen LogP contribution in [-0.4, -0.2) is 12.3 Å². The number of hydrogen-bond donors (Lipinski definition) is 0. The first kappa shape index (κ1) is 19.1. The molecule has 0 saturated carbocycles. The van der Waals surface area contributed by atoms with Gasteiger partial charge in [0.15, 0.2) is 0 Å². The van der Waals surface area contributed by atoms with Gasteiger partial charge in [0.05, 0.1) is 6.61 Å². The van der Waals surface area contributed by atoms with Crippen molar-refractivity contribution in [3.63, 3.8) is 0 Å². The van der Waals surface area contributed by atoms with Crippen molar-refractivity contribution in [3.8, 4) is 0 Å². The Kier molecular flexibility index (Phi) is 7.45. The van der Waals surface area contributed by atoms with E-state index in [0.717, 1.165) is 6.42 Å². The summed E-state index contributed by atoms with van der Waals surface area (Å²) in [5.41, 5.74) is 0.646. The van der Waals surface area contributed by atoms with Crippen LogP contribution >= 0.6 is 0 Å². The summed E-state index contributed by atoms with van der Waals surface area (Å²) in [7, 11) is 0. The minimum Gasteiger partial charge on any atom is -0.343 e. The number of hydrogen-bond acceptors (Lipinski definition) is 4. The van der Waals surface area contributed by atoms with Crippen LogP contribution in [0.3, 0.4) is 0 Å². The maximum Gasteiger partial charge on any atom is 0.368 e. The molecule has 0 heterocycles. The SMILES string of the molecule is C[CH]OC(C)OOC(=O)/C(C)=C\C(C)(C)CC(C)(C)C. The summed E-state index contributed by atoms with van der Waals surface area (Å²) in [6.45, 7) is 17.3. The van der Waals surface area contributed by atoms with E-state index in [2.05, 4.69) is 34.6 Å². The Balaban J connectivity index is 4.52. The van der Waals surface area contributed by atoms with Gasteiger partial charge in [-0.2, -0.15) is 4.89 Å². The molecule has 20 heavy (non-hydrogen) atoms. The zero-order chi connectivity index (χ0) is 16.0. The standard InChI is InChI=1S/C16H29O4/c1-9-18-13(3)19-20-14(17)12(2)10-16(7,8)11-15(4,5)6/h9-10,13H,11H2,1-8H3/b12-10-. The molecular weight excluding hydrogens is 256 g/mol. The minimum absolute atomic E-state index is 0.0827. The molecule has 0 spiro atoms. The quantitative estimate of drug-likeness (QED) is 0.301. The van der Waals surface area contributed by atoms with E-state index in [1.165, 1.54) is 6.61 Å². The molecule has 0 bridgehead atoms. The Morgan fingerprint density at radius 2 is 1.75 bits per heavy atom. The Bertz CT molecular complexity index is 337. The van der Waals surface area contributed by atoms with E-state index in [4.69, 9.17) is 14.5 Å². The summed E-state index contributed by atoms with van der Waals surface area (Å²) >= 11 is 0. The van der Waals surface area contributed by atoms with Gasteiger partial charge in [-0.05, 0) is 38.0 Å². The zero-order valence-electron chi connectivity index (χ0n) is 14.1. The number of carbonyl (C=O) groups excluding carboxylic acids is 1. The Hall–Kier alpha value is -0.870. The molecule has 0 aliphatic heterocycles. The second-order valence-corrected chi connectivity index (χ2v) is 6.96. The predicted octanol–water partition coefficient (Wildman–Crippen LogP) is 4.41. The lowest BCUT2D eigenvalue weighted by Gasteiger charge is -2.30. The monoisotopic (exact) mass is 285 g/mol. The normalized spacial score (nSPS) is 15.1. The van der Waals surface area contributed by atoms with Crippen LogP contribution in [0.5, 0.6) is 0 Å². The van der Waals surface area contributed by atoms with E-state index in [1.807, 2.05) is 6.08 Å². The maximum absolute atomic E-state index is 11.8. The lowest BCUT2D eigenvalue weighted by atomic mass is 9.75. The molecule has 1 atom stereocenters. The molecule has 0 aromatic rings. The second-order valence-electron chi connectivity index (χ2n) is 6.96. The van der Waals surface area contributed by atoms with E-state index >= 15 is 0 Å². The summed E-state index contributed by atoms with van der Waals surface area (Å²) < 4.78 is 4.99. The summed E-state index contributed by atoms with van der Waals surface area (Å²) in [4.78, 5) is 21.4. The van der Waals surface area contributed by atoms with Crippen LogP contribution in [0.4, 0.5) is 0 Å². The molecule has 0 aliphatic carbocycles. The molecule has 0 saturated heterocycles. The molecule has 117 valence electrons. The molecule has 1 unspecified atom stereocenters. The van der Waals surface area contributed by atoms with Gasteiger partial charge in [-0.1, -0.05) is 40.7 Å². The molecule has 0 aromatic heterocycles. The summed E-state index contributed by atoms with van der Waals surface area (Å²) in [6.07, 6.45) is 2.29. The van der Waals surface area contributed by atoms with Crippen LogP contribution < -0.4 is 0 Å². The third-order valence-corrected chi connectivity index (χ3v) is 2.50. The third-order valence-electron chi connectivity index (χ3n) is 2.50. The number of ether oxygens (including phenoxy) is 1. The van der Waals surface area contributed by atoms with Crippen molar-refractivity contribution in [2.24, 2.45) is 10.8 Å². The molecule has 0 amide bonds. The van der Waals surface area contributed by atoms with Crippen LogP contribution in [0.1, 0.15) is 61.8 Å². The summed E-state index contributed by atoms with van der Waals surface area (Å²) in [6, 6.07) is 0. The van der Waals surface area contributed by atoms with Crippen LogP contribution in [-0.2, 0) is 19.3 Å². The van der Waals surface area contributed by atoms with Gasteiger partial charge < -0.3 is 4.74 Å². The van der Waals surface area contributed by atoms with Crippen LogP contribution in [0, 0.1) is 17.4 Å². The van der Waals surface area contributed by atoms with Gasteiger partial charge in [0.2, 0.25) is 6.29 Å². The van der Waals surface area contributed by atoms with Crippen molar-refractivity contribution in [2.45, 2.75) is 68.1 Å². The van der Waals surface area contributed by atoms with E-state index < -0.39 is 12.3 Å². The molecule has 4 heteroatoms. The Morgan fingerprint density at radius 1 is 1.20 bits per heavy atom. The average Bonchev–Trinajstić information content (AvgIpc) is 2.21. The third kappa shape index (κ3) is 9.10. The fraction of sp³-hybridized carbons (Fsp3) is 0.750.